The Morgan fingerprint density at radius 1 is 1.04 bits per heavy atom. The molecule has 0 amide bonds. The molecule has 0 unspecified atom stereocenters. The molecule has 1 N–H and O–H groups in total. The zero-order valence-corrected chi connectivity index (χ0v) is 14.8. The number of rotatable bonds is 5. The van der Waals surface area contributed by atoms with Crippen LogP contribution in [-0.4, -0.2) is 10.2 Å². The number of hydrogen-bond donors (Lipinski definition) is 1. The van der Waals surface area contributed by atoms with E-state index in [2.05, 4.69) is 15.5 Å². The third-order valence-electron chi connectivity index (χ3n) is 3.38. The molecule has 0 spiro atoms. The van der Waals surface area contributed by atoms with Gasteiger partial charge in [0.25, 0.3) is 0 Å². The van der Waals surface area contributed by atoms with Crippen LogP contribution in [0.5, 0.6) is 0 Å². The van der Waals surface area contributed by atoms with Gasteiger partial charge in [-0.1, -0.05) is 59.0 Å². The van der Waals surface area contributed by atoms with E-state index in [1.807, 2.05) is 31.2 Å². The summed E-state index contributed by atoms with van der Waals surface area (Å²) in [6, 6.07) is 13.4. The molecule has 0 saturated carbocycles. The van der Waals surface area contributed by atoms with Crippen molar-refractivity contribution in [3.8, 4) is 0 Å². The Morgan fingerprint density at radius 3 is 2.48 bits per heavy atom. The van der Waals surface area contributed by atoms with Crippen LogP contribution in [0.3, 0.4) is 0 Å². The minimum atomic E-state index is -4.35. The molecule has 0 saturated heterocycles. The van der Waals surface area contributed by atoms with Gasteiger partial charge in [0.15, 0.2) is 4.34 Å². The van der Waals surface area contributed by atoms with E-state index in [1.54, 1.807) is 6.07 Å². The molecule has 1 heterocycles. The lowest BCUT2D eigenvalue weighted by Gasteiger charge is -2.11. The monoisotopic (exact) mass is 381 g/mol. The Morgan fingerprint density at radius 2 is 1.76 bits per heavy atom. The highest BCUT2D eigenvalue weighted by molar-refractivity contribution is 8.00. The lowest BCUT2D eigenvalue weighted by Crippen LogP contribution is -2.08. The molecular weight excluding hydrogens is 367 g/mol. The highest BCUT2D eigenvalue weighted by Gasteiger charge is 2.32. The molecule has 0 bridgehead atoms. The van der Waals surface area contributed by atoms with Crippen molar-refractivity contribution in [2.24, 2.45) is 0 Å². The smallest absolute Gasteiger partial charge is 0.330 e. The van der Waals surface area contributed by atoms with Gasteiger partial charge < -0.3 is 5.32 Å². The number of halogens is 3. The third kappa shape index (κ3) is 4.73. The lowest BCUT2D eigenvalue weighted by molar-refractivity contribution is -0.138. The van der Waals surface area contributed by atoms with Gasteiger partial charge in [-0.25, -0.2) is 0 Å². The molecule has 0 aliphatic heterocycles. The van der Waals surface area contributed by atoms with Crippen LogP contribution in [0.25, 0.3) is 0 Å². The molecule has 130 valence electrons. The van der Waals surface area contributed by atoms with E-state index in [0.717, 1.165) is 17.3 Å². The average molecular weight is 381 g/mol. The van der Waals surface area contributed by atoms with Crippen molar-refractivity contribution >= 4 is 33.9 Å². The summed E-state index contributed by atoms with van der Waals surface area (Å²) >= 11 is 2.56. The Kier molecular flexibility index (Phi) is 5.29. The number of anilines is 2. The van der Waals surface area contributed by atoms with Gasteiger partial charge in [-0.15, -0.1) is 10.2 Å². The van der Waals surface area contributed by atoms with Gasteiger partial charge in [0.05, 0.1) is 5.56 Å². The first-order valence-corrected chi connectivity index (χ1v) is 9.17. The summed E-state index contributed by atoms with van der Waals surface area (Å²) in [4.78, 5) is 0. The van der Waals surface area contributed by atoms with Crippen molar-refractivity contribution in [1.82, 2.24) is 10.2 Å². The average Bonchev–Trinajstić information content (AvgIpc) is 3.02. The first-order chi connectivity index (χ1) is 11.9. The number of nitrogens with one attached hydrogen (secondary N) is 1. The van der Waals surface area contributed by atoms with Crippen LogP contribution in [0.1, 0.15) is 16.7 Å². The zero-order chi connectivity index (χ0) is 17.9. The second kappa shape index (κ2) is 7.45. The predicted molar refractivity (Wildman–Crippen MR) is 95.4 cm³/mol. The van der Waals surface area contributed by atoms with E-state index in [1.165, 1.54) is 35.2 Å². The topological polar surface area (TPSA) is 37.8 Å². The van der Waals surface area contributed by atoms with Gasteiger partial charge in [0.1, 0.15) is 0 Å². The minimum absolute atomic E-state index is 0.189. The van der Waals surface area contributed by atoms with Crippen LogP contribution >= 0.6 is 23.1 Å². The minimum Gasteiger partial charge on any atom is -0.330 e. The lowest BCUT2D eigenvalue weighted by atomic mass is 10.1. The SMILES string of the molecule is Cc1ccc(Nc2nnc(SCc3ccccc3C(F)(F)F)s2)cc1. The molecule has 0 fully saturated rings. The first kappa shape index (κ1) is 17.8. The number of hydrogen-bond acceptors (Lipinski definition) is 5. The van der Waals surface area contributed by atoms with Gasteiger partial charge in [0, 0.05) is 11.4 Å². The fourth-order valence-corrected chi connectivity index (χ4v) is 3.92. The van der Waals surface area contributed by atoms with Crippen LogP contribution in [0.2, 0.25) is 0 Å². The molecule has 1 aromatic heterocycles. The van der Waals surface area contributed by atoms with Crippen LogP contribution < -0.4 is 5.32 Å². The molecule has 0 atom stereocenters. The summed E-state index contributed by atoms with van der Waals surface area (Å²) in [5.74, 6) is 0.189. The molecule has 0 aliphatic rings. The number of nitrogens with zero attached hydrogens (tertiary/aromatic N) is 2. The predicted octanol–water partition coefficient (Wildman–Crippen LogP) is 5.90. The van der Waals surface area contributed by atoms with Crippen molar-refractivity contribution in [1.29, 1.82) is 0 Å². The fraction of sp³-hybridized carbons (Fsp3) is 0.176. The second-order valence-corrected chi connectivity index (χ2v) is 7.51. The molecule has 3 aromatic rings. The largest absolute Gasteiger partial charge is 0.416 e. The molecule has 2 aromatic carbocycles. The van der Waals surface area contributed by atoms with E-state index in [0.29, 0.717) is 9.47 Å². The highest BCUT2D eigenvalue weighted by Crippen LogP contribution is 2.36. The zero-order valence-electron chi connectivity index (χ0n) is 13.2. The van der Waals surface area contributed by atoms with E-state index in [4.69, 9.17) is 0 Å². The number of benzene rings is 2. The van der Waals surface area contributed by atoms with E-state index >= 15 is 0 Å². The fourth-order valence-electron chi connectivity index (χ4n) is 2.14. The quantitative estimate of drug-likeness (QED) is 0.558. The van der Waals surface area contributed by atoms with Crippen LogP contribution in [-0.2, 0) is 11.9 Å². The van der Waals surface area contributed by atoms with Gasteiger partial charge in [-0.2, -0.15) is 13.2 Å². The van der Waals surface area contributed by atoms with Crippen molar-refractivity contribution in [2.75, 3.05) is 5.32 Å². The summed E-state index contributed by atoms with van der Waals surface area (Å²) in [6.07, 6.45) is -4.35. The molecule has 0 aliphatic carbocycles. The van der Waals surface area contributed by atoms with E-state index in [-0.39, 0.29) is 11.3 Å². The normalized spacial score (nSPS) is 11.5. The summed E-state index contributed by atoms with van der Waals surface area (Å²) in [6.45, 7) is 2.00. The molecule has 3 rings (SSSR count). The molecule has 3 nitrogen and oxygen atoms in total. The van der Waals surface area contributed by atoms with Gasteiger partial charge in [-0.05, 0) is 30.7 Å². The van der Waals surface area contributed by atoms with Gasteiger partial charge in [-0.3, -0.25) is 0 Å². The Bertz CT molecular complexity index is 845. The number of alkyl halides is 3. The summed E-state index contributed by atoms with van der Waals surface area (Å²) in [5.41, 5.74) is 1.68. The van der Waals surface area contributed by atoms with Crippen LogP contribution in [0.15, 0.2) is 52.9 Å². The maximum absolute atomic E-state index is 13.0. The highest BCUT2D eigenvalue weighted by atomic mass is 32.2. The second-order valence-electron chi connectivity index (χ2n) is 5.31. The Balaban J connectivity index is 1.65. The Hall–Kier alpha value is -2.06. The number of aryl methyl sites for hydroxylation is 1. The molecular formula is C17H14F3N3S2. The standard InChI is InChI=1S/C17H14F3N3S2/c1-11-6-8-13(9-7-11)21-15-22-23-16(25-15)24-10-12-4-2-3-5-14(12)17(18,19)20/h2-9H,10H2,1H3,(H,21,22). The van der Waals surface area contributed by atoms with Crippen LogP contribution in [0, 0.1) is 6.92 Å². The maximum atomic E-state index is 13.0. The summed E-state index contributed by atoms with van der Waals surface area (Å²) in [7, 11) is 0. The number of aromatic nitrogens is 2. The van der Waals surface area contributed by atoms with Crippen molar-refractivity contribution in [3.63, 3.8) is 0 Å². The van der Waals surface area contributed by atoms with Crippen molar-refractivity contribution in [2.45, 2.75) is 23.2 Å². The van der Waals surface area contributed by atoms with Crippen molar-refractivity contribution in [3.05, 3.63) is 65.2 Å². The summed E-state index contributed by atoms with van der Waals surface area (Å²) in [5, 5.41) is 11.8. The maximum Gasteiger partial charge on any atom is 0.416 e. The van der Waals surface area contributed by atoms with Gasteiger partial charge >= 0.3 is 6.18 Å². The Labute approximate surface area is 151 Å². The molecule has 25 heavy (non-hydrogen) atoms. The third-order valence-corrected chi connectivity index (χ3v) is 5.40. The van der Waals surface area contributed by atoms with Crippen LogP contribution in [0.4, 0.5) is 24.0 Å². The first-order valence-electron chi connectivity index (χ1n) is 7.37. The molecule has 0 radical (unpaired) electrons. The molecule has 8 heteroatoms. The number of thioether (sulfide) groups is 1. The van der Waals surface area contributed by atoms with E-state index < -0.39 is 11.7 Å². The summed E-state index contributed by atoms with van der Waals surface area (Å²) < 4.78 is 39.6. The van der Waals surface area contributed by atoms with Crippen molar-refractivity contribution < 1.29 is 13.2 Å². The van der Waals surface area contributed by atoms with Gasteiger partial charge in [0.2, 0.25) is 5.13 Å². The van der Waals surface area contributed by atoms with E-state index in [9.17, 15) is 13.2 Å².